The molecular weight excluding hydrogens is 256 g/mol. The Balaban J connectivity index is 1.79. The number of carbonyl (C=O) groups excluding carboxylic acids is 1. The number of hydrogen-bond donors (Lipinski definition) is 2. The molecular formula is C15H18N2O3. The minimum Gasteiger partial charge on any atom is -0.451 e. The number of carbonyl (C=O) groups is 1. The summed E-state index contributed by atoms with van der Waals surface area (Å²) in [5.74, 6) is 0.666. The largest absolute Gasteiger partial charge is 0.451 e. The minimum absolute atomic E-state index is 0.0831. The zero-order valence-electron chi connectivity index (χ0n) is 11.2. The molecule has 1 aromatic carbocycles. The van der Waals surface area contributed by atoms with Crippen LogP contribution in [0, 0.1) is 5.92 Å². The lowest BCUT2D eigenvalue weighted by Gasteiger charge is -2.14. The first-order valence-electron chi connectivity index (χ1n) is 6.86. The molecule has 0 radical (unpaired) electrons. The van der Waals surface area contributed by atoms with Gasteiger partial charge in [0.1, 0.15) is 5.58 Å². The fourth-order valence-corrected chi connectivity index (χ4v) is 2.76. The molecule has 0 aliphatic carbocycles. The Bertz CT molecular complexity index is 635. The van der Waals surface area contributed by atoms with Crippen molar-refractivity contribution in [2.45, 2.75) is 12.8 Å². The van der Waals surface area contributed by atoms with E-state index in [0.717, 1.165) is 24.8 Å². The van der Waals surface area contributed by atoms with E-state index in [4.69, 9.17) is 15.3 Å². The zero-order valence-corrected chi connectivity index (χ0v) is 11.2. The average molecular weight is 274 g/mol. The third kappa shape index (κ3) is 2.36. The minimum atomic E-state index is -0.0831. The lowest BCUT2D eigenvalue weighted by atomic mass is 10.1. The van der Waals surface area contributed by atoms with Crippen molar-refractivity contribution < 1.29 is 14.3 Å². The molecule has 5 heteroatoms. The number of furan rings is 1. The summed E-state index contributed by atoms with van der Waals surface area (Å²) in [6.45, 7) is 1.60. The van der Waals surface area contributed by atoms with E-state index in [1.54, 1.807) is 29.2 Å². The molecule has 5 nitrogen and oxygen atoms in total. The second-order valence-corrected chi connectivity index (χ2v) is 5.33. The van der Waals surface area contributed by atoms with Gasteiger partial charge in [-0.2, -0.15) is 0 Å². The van der Waals surface area contributed by atoms with E-state index >= 15 is 0 Å². The van der Waals surface area contributed by atoms with Crippen molar-refractivity contribution in [2.75, 3.05) is 25.4 Å². The van der Waals surface area contributed by atoms with E-state index in [1.807, 2.05) is 0 Å². The predicted octanol–water partition coefficient (Wildman–Crippen LogP) is 1.86. The van der Waals surface area contributed by atoms with Crippen LogP contribution in [0.25, 0.3) is 11.0 Å². The summed E-state index contributed by atoms with van der Waals surface area (Å²) in [6, 6.07) is 7.08. The Hall–Kier alpha value is -2.01. The molecule has 20 heavy (non-hydrogen) atoms. The van der Waals surface area contributed by atoms with Gasteiger partial charge in [0, 0.05) is 30.8 Å². The molecule has 3 rings (SSSR count). The van der Waals surface area contributed by atoms with Crippen LogP contribution >= 0.6 is 0 Å². The number of aliphatic hydroxyl groups excluding tert-OH is 1. The first-order chi connectivity index (χ1) is 9.67. The molecule has 106 valence electrons. The molecule has 0 bridgehead atoms. The number of aliphatic hydroxyl groups is 1. The van der Waals surface area contributed by atoms with Crippen molar-refractivity contribution in [3.63, 3.8) is 0 Å². The van der Waals surface area contributed by atoms with Crippen LogP contribution in [0.1, 0.15) is 23.4 Å². The van der Waals surface area contributed by atoms with Gasteiger partial charge in [-0.05, 0) is 43.0 Å². The lowest BCUT2D eigenvalue weighted by molar-refractivity contribution is 0.0755. The van der Waals surface area contributed by atoms with E-state index in [9.17, 15) is 4.79 Å². The van der Waals surface area contributed by atoms with Crippen LogP contribution in [0.15, 0.2) is 28.7 Å². The van der Waals surface area contributed by atoms with Crippen LogP contribution in [0.3, 0.4) is 0 Å². The number of rotatable bonds is 3. The average Bonchev–Trinajstić information content (AvgIpc) is 3.04. The van der Waals surface area contributed by atoms with Crippen LogP contribution in [0.4, 0.5) is 5.69 Å². The number of benzene rings is 1. The molecule has 1 aromatic heterocycles. The number of likely N-dealkylation sites (tertiary alicyclic amines) is 1. The van der Waals surface area contributed by atoms with Crippen molar-refractivity contribution in [2.24, 2.45) is 5.92 Å². The first-order valence-corrected chi connectivity index (χ1v) is 6.86. The van der Waals surface area contributed by atoms with Gasteiger partial charge in [0.15, 0.2) is 5.76 Å². The number of fused-ring (bicyclic) bond motifs is 1. The molecule has 2 aromatic rings. The van der Waals surface area contributed by atoms with E-state index in [1.165, 1.54) is 0 Å². The maximum Gasteiger partial charge on any atom is 0.289 e. The van der Waals surface area contributed by atoms with Crippen molar-refractivity contribution >= 4 is 22.6 Å². The molecule has 1 amide bonds. The van der Waals surface area contributed by atoms with Crippen molar-refractivity contribution in [1.82, 2.24) is 4.90 Å². The van der Waals surface area contributed by atoms with Gasteiger partial charge in [0.05, 0.1) is 0 Å². The van der Waals surface area contributed by atoms with Gasteiger partial charge in [-0.3, -0.25) is 4.79 Å². The van der Waals surface area contributed by atoms with E-state index < -0.39 is 0 Å². The highest BCUT2D eigenvalue weighted by molar-refractivity contribution is 5.96. The van der Waals surface area contributed by atoms with Crippen molar-refractivity contribution in [3.05, 3.63) is 30.0 Å². The maximum absolute atomic E-state index is 12.4. The number of nitrogens with zero attached hydrogens (tertiary/aromatic N) is 1. The lowest BCUT2D eigenvalue weighted by Crippen LogP contribution is -2.28. The molecule has 1 aliphatic heterocycles. The molecule has 2 heterocycles. The Morgan fingerprint density at radius 2 is 2.30 bits per heavy atom. The van der Waals surface area contributed by atoms with Gasteiger partial charge in [-0.1, -0.05) is 0 Å². The van der Waals surface area contributed by atoms with Crippen molar-refractivity contribution in [3.8, 4) is 0 Å². The Labute approximate surface area is 117 Å². The number of nitrogens with two attached hydrogens (primary N) is 1. The molecule has 1 aliphatic rings. The number of anilines is 1. The van der Waals surface area contributed by atoms with Crippen LogP contribution in [0.2, 0.25) is 0 Å². The number of hydrogen-bond acceptors (Lipinski definition) is 4. The van der Waals surface area contributed by atoms with Crippen LogP contribution < -0.4 is 5.73 Å². The van der Waals surface area contributed by atoms with Gasteiger partial charge >= 0.3 is 0 Å². The second kappa shape index (κ2) is 5.17. The molecule has 1 atom stereocenters. The second-order valence-electron chi connectivity index (χ2n) is 5.33. The van der Waals surface area contributed by atoms with Gasteiger partial charge in [-0.15, -0.1) is 0 Å². The highest BCUT2D eigenvalue weighted by Gasteiger charge is 2.28. The Kier molecular flexibility index (Phi) is 3.36. The molecule has 0 saturated carbocycles. The highest BCUT2D eigenvalue weighted by atomic mass is 16.3. The summed E-state index contributed by atoms with van der Waals surface area (Å²) >= 11 is 0. The third-order valence-corrected chi connectivity index (χ3v) is 3.86. The predicted molar refractivity (Wildman–Crippen MR) is 76.3 cm³/mol. The van der Waals surface area contributed by atoms with Crippen molar-refractivity contribution in [1.29, 1.82) is 0 Å². The maximum atomic E-state index is 12.4. The quantitative estimate of drug-likeness (QED) is 0.837. The van der Waals surface area contributed by atoms with Crippen LogP contribution in [-0.4, -0.2) is 35.6 Å². The smallest absolute Gasteiger partial charge is 0.289 e. The molecule has 0 spiro atoms. The Morgan fingerprint density at radius 1 is 1.45 bits per heavy atom. The number of amides is 1. The monoisotopic (exact) mass is 274 g/mol. The molecule has 1 fully saturated rings. The highest BCUT2D eigenvalue weighted by Crippen LogP contribution is 2.25. The molecule has 1 unspecified atom stereocenters. The fourth-order valence-electron chi connectivity index (χ4n) is 2.76. The van der Waals surface area contributed by atoms with E-state index in [2.05, 4.69) is 0 Å². The summed E-state index contributed by atoms with van der Waals surface area (Å²) in [7, 11) is 0. The van der Waals surface area contributed by atoms with Gasteiger partial charge < -0.3 is 20.2 Å². The van der Waals surface area contributed by atoms with Crippen LogP contribution in [0.5, 0.6) is 0 Å². The molecule has 1 saturated heterocycles. The van der Waals surface area contributed by atoms with Gasteiger partial charge in [0.25, 0.3) is 5.91 Å². The topological polar surface area (TPSA) is 79.7 Å². The third-order valence-electron chi connectivity index (χ3n) is 3.86. The van der Waals surface area contributed by atoms with Gasteiger partial charge in [0.2, 0.25) is 0 Å². The fraction of sp³-hybridized carbons (Fsp3) is 0.400. The SMILES string of the molecule is Nc1ccc2oc(C(=O)N3CCC(CCO)C3)cc2c1. The zero-order chi connectivity index (χ0) is 14.1. The normalized spacial score (nSPS) is 18.9. The van der Waals surface area contributed by atoms with E-state index in [-0.39, 0.29) is 12.5 Å². The van der Waals surface area contributed by atoms with Crippen LogP contribution in [-0.2, 0) is 0 Å². The standard InChI is InChI=1S/C15H18N2O3/c16-12-1-2-13-11(7-12)8-14(20-13)15(19)17-5-3-10(9-17)4-6-18/h1-2,7-8,10,18H,3-6,9,16H2. The summed E-state index contributed by atoms with van der Waals surface area (Å²) in [5, 5.41) is 9.80. The van der Waals surface area contributed by atoms with Gasteiger partial charge in [-0.25, -0.2) is 0 Å². The Morgan fingerprint density at radius 3 is 3.10 bits per heavy atom. The summed E-state index contributed by atoms with van der Waals surface area (Å²) < 4.78 is 5.60. The first kappa shape index (κ1) is 13.0. The summed E-state index contributed by atoms with van der Waals surface area (Å²) in [5.41, 5.74) is 7.05. The summed E-state index contributed by atoms with van der Waals surface area (Å²) in [4.78, 5) is 14.2. The number of nitrogen functional groups attached to an aromatic ring is 1. The van der Waals surface area contributed by atoms with E-state index in [0.29, 0.717) is 29.5 Å². The molecule has 3 N–H and O–H groups in total. The summed E-state index contributed by atoms with van der Waals surface area (Å²) in [6.07, 6.45) is 1.69.